The van der Waals surface area contributed by atoms with E-state index in [1.54, 1.807) is 0 Å². The summed E-state index contributed by atoms with van der Waals surface area (Å²) in [6.45, 7) is 0. The Labute approximate surface area is 157 Å². The van der Waals surface area contributed by atoms with Crippen molar-refractivity contribution in [3.8, 4) is 0 Å². The second-order valence-electron chi connectivity index (χ2n) is 5.16. The molecule has 0 spiro atoms. The molecule has 2 aromatic carbocycles. The lowest BCUT2D eigenvalue weighted by atomic mass is 9.97. The standard InChI is InChI=1S/C17H11Cl3F3NO/c18-13-7-11(8-14(19)15(13)20)12(17(21,22)23)6-3-9-1-4-10(5-2-9)16(24)25/h1-8,12H,(H2,24,25)/b6-3+. The second-order valence-corrected chi connectivity index (χ2v) is 6.36. The van der Waals surface area contributed by atoms with Crippen LogP contribution in [0.5, 0.6) is 0 Å². The van der Waals surface area contributed by atoms with Crippen LogP contribution in [0.4, 0.5) is 13.2 Å². The van der Waals surface area contributed by atoms with Crippen molar-refractivity contribution in [2.24, 2.45) is 5.73 Å². The molecule has 0 saturated heterocycles. The van der Waals surface area contributed by atoms with Gasteiger partial charge in [-0.1, -0.05) is 59.1 Å². The smallest absolute Gasteiger partial charge is 0.366 e. The molecule has 0 aliphatic rings. The number of carbonyl (C=O) groups is 1. The van der Waals surface area contributed by atoms with Crippen molar-refractivity contribution in [2.45, 2.75) is 12.1 Å². The van der Waals surface area contributed by atoms with Crippen LogP contribution in [0.25, 0.3) is 6.08 Å². The zero-order valence-electron chi connectivity index (χ0n) is 12.4. The monoisotopic (exact) mass is 407 g/mol. The van der Waals surface area contributed by atoms with Crippen LogP contribution >= 0.6 is 34.8 Å². The normalized spacial score (nSPS) is 13.2. The van der Waals surface area contributed by atoms with E-state index in [0.29, 0.717) is 5.56 Å². The van der Waals surface area contributed by atoms with E-state index >= 15 is 0 Å². The lowest BCUT2D eigenvalue weighted by Gasteiger charge is -2.18. The first kappa shape index (κ1) is 19.6. The number of hydrogen-bond donors (Lipinski definition) is 1. The average molecular weight is 409 g/mol. The highest BCUT2D eigenvalue weighted by Gasteiger charge is 2.39. The number of benzene rings is 2. The van der Waals surface area contributed by atoms with Crippen LogP contribution in [-0.2, 0) is 0 Å². The summed E-state index contributed by atoms with van der Waals surface area (Å²) in [7, 11) is 0. The molecule has 0 heterocycles. The molecule has 8 heteroatoms. The number of amides is 1. The van der Waals surface area contributed by atoms with Gasteiger partial charge in [0.1, 0.15) is 0 Å². The molecule has 0 bridgehead atoms. The Morgan fingerprint density at radius 2 is 1.56 bits per heavy atom. The molecule has 2 rings (SSSR count). The van der Waals surface area contributed by atoms with Crippen molar-refractivity contribution in [1.82, 2.24) is 0 Å². The number of halogens is 6. The number of hydrogen-bond acceptors (Lipinski definition) is 1. The van der Waals surface area contributed by atoms with Gasteiger partial charge < -0.3 is 5.73 Å². The Bertz CT molecular complexity index is 794. The van der Waals surface area contributed by atoms with Gasteiger partial charge in [0.15, 0.2) is 0 Å². The number of primary amides is 1. The lowest BCUT2D eigenvalue weighted by Crippen LogP contribution is -2.19. The predicted octanol–water partition coefficient (Wildman–Crippen LogP) is 6.11. The van der Waals surface area contributed by atoms with Crippen LogP contribution in [0.15, 0.2) is 42.5 Å². The molecule has 1 amide bonds. The number of nitrogens with two attached hydrogens (primary N) is 1. The number of rotatable bonds is 4. The summed E-state index contributed by atoms with van der Waals surface area (Å²) in [6.07, 6.45) is -2.28. The van der Waals surface area contributed by atoms with Crippen LogP contribution in [0, 0.1) is 0 Å². The minimum absolute atomic E-state index is 0.000900. The summed E-state index contributed by atoms with van der Waals surface area (Å²) in [4.78, 5) is 11.0. The zero-order chi connectivity index (χ0) is 18.8. The van der Waals surface area contributed by atoms with Gasteiger partial charge in [0.2, 0.25) is 5.91 Å². The first-order valence-corrected chi connectivity index (χ1v) is 8.02. The summed E-state index contributed by atoms with van der Waals surface area (Å²) in [5.74, 6) is -2.54. The Hall–Kier alpha value is -1.69. The van der Waals surface area contributed by atoms with E-state index in [0.717, 1.165) is 18.2 Å². The number of alkyl halides is 3. The summed E-state index contributed by atoms with van der Waals surface area (Å²) >= 11 is 17.4. The maximum Gasteiger partial charge on any atom is 0.399 e. The van der Waals surface area contributed by atoms with E-state index in [-0.39, 0.29) is 26.2 Å². The van der Waals surface area contributed by atoms with Crippen LogP contribution in [0.2, 0.25) is 15.1 Å². The van der Waals surface area contributed by atoms with E-state index in [9.17, 15) is 18.0 Å². The van der Waals surface area contributed by atoms with Gasteiger partial charge in [-0.15, -0.1) is 0 Å². The van der Waals surface area contributed by atoms with Gasteiger partial charge in [-0.2, -0.15) is 13.2 Å². The van der Waals surface area contributed by atoms with Crippen LogP contribution in [-0.4, -0.2) is 12.1 Å². The summed E-state index contributed by atoms with van der Waals surface area (Å²) in [5.41, 5.74) is 5.73. The molecule has 0 aliphatic heterocycles. The quantitative estimate of drug-likeness (QED) is 0.610. The zero-order valence-corrected chi connectivity index (χ0v) is 14.7. The molecular weight excluding hydrogens is 398 g/mol. The summed E-state index contributed by atoms with van der Waals surface area (Å²) in [6, 6.07) is 8.11. The highest BCUT2D eigenvalue weighted by molar-refractivity contribution is 6.48. The minimum Gasteiger partial charge on any atom is -0.366 e. The second kappa shape index (κ2) is 7.68. The molecule has 0 radical (unpaired) electrons. The van der Waals surface area contributed by atoms with E-state index in [2.05, 4.69) is 0 Å². The van der Waals surface area contributed by atoms with Crippen molar-refractivity contribution in [3.05, 3.63) is 74.2 Å². The van der Waals surface area contributed by atoms with Gasteiger partial charge in [-0.25, -0.2) is 0 Å². The number of carbonyl (C=O) groups excluding carboxylic acids is 1. The van der Waals surface area contributed by atoms with Gasteiger partial charge in [0, 0.05) is 5.56 Å². The van der Waals surface area contributed by atoms with E-state index in [1.807, 2.05) is 0 Å². The maximum absolute atomic E-state index is 13.4. The molecule has 1 unspecified atom stereocenters. The highest BCUT2D eigenvalue weighted by Crippen LogP contribution is 2.41. The largest absolute Gasteiger partial charge is 0.399 e. The van der Waals surface area contributed by atoms with Crippen molar-refractivity contribution < 1.29 is 18.0 Å². The SMILES string of the molecule is NC(=O)c1ccc(/C=C/C(c2cc(Cl)c(Cl)c(Cl)c2)C(F)(F)F)cc1. The predicted molar refractivity (Wildman–Crippen MR) is 94.3 cm³/mol. The van der Waals surface area contributed by atoms with Gasteiger partial charge in [-0.05, 0) is 35.4 Å². The van der Waals surface area contributed by atoms with Gasteiger partial charge in [-0.3, -0.25) is 4.79 Å². The Balaban J connectivity index is 2.37. The highest BCUT2D eigenvalue weighted by atomic mass is 35.5. The maximum atomic E-state index is 13.4. The van der Waals surface area contributed by atoms with Gasteiger partial charge in [0.05, 0.1) is 21.0 Å². The molecule has 2 nitrogen and oxygen atoms in total. The van der Waals surface area contributed by atoms with Gasteiger partial charge >= 0.3 is 6.18 Å². The molecule has 0 aromatic heterocycles. The fraction of sp³-hybridized carbons (Fsp3) is 0.118. The molecule has 0 aliphatic carbocycles. The fourth-order valence-corrected chi connectivity index (χ4v) is 2.74. The minimum atomic E-state index is -4.55. The van der Waals surface area contributed by atoms with Crippen LogP contribution in [0.3, 0.4) is 0 Å². The van der Waals surface area contributed by atoms with E-state index in [1.165, 1.54) is 30.3 Å². The molecule has 0 saturated carbocycles. The molecular formula is C17H11Cl3F3NO. The molecule has 1 atom stereocenters. The van der Waals surface area contributed by atoms with E-state index in [4.69, 9.17) is 40.5 Å². The Morgan fingerprint density at radius 1 is 1.04 bits per heavy atom. The Morgan fingerprint density at radius 3 is 2.00 bits per heavy atom. The summed E-state index contributed by atoms with van der Waals surface area (Å²) < 4.78 is 40.2. The Kier molecular flexibility index (Phi) is 6.03. The van der Waals surface area contributed by atoms with Crippen molar-refractivity contribution >= 4 is 46.8 Å². The number of allylic oxidation sites excluding steroid dienone is 1. The summed E-state index contributed by atoms with van der Waals surface area (Å²) in [5, 5.41) is -0.116. The van der Waals surface area contributed by atoms with E-state index < -0.39 is 18.0 Å². The molecule has 2 aromatic rings. The third-order valence-corrected chi connectivity index (χ3v) is 4.59. The average Bonchev–Trinajstić information content (AvgIpc) is 2.51. The molecule has 0 fully saturated rings. The van der Waals surface area contributed by atoms with Crippen molar-refractivity contribution in [2.75, 3.05) is 0 Å². The topological polar surface area (TPSA) is 43.1 Å². The molecule has 25 heavy (non-hydrogen) atoms. The third kappa shape index (κ3) is 4.91. The third-order valence-electron chi connectivity index (χ3n) is 3.39. The van der Waals surface area contributed by atoms with Crippen LogP contribution in [0.1, 0.15) is 27.4 Å². The van der Waals surface area contributed by atoms with Gasteiger partial charge in [0.25, 0.3) is 0 Å². The fourth-order valence-electron chi connectivity index (χ4n) is 2.13. The first-order valence-electron chi connectivity index (χ1n) is 6.89. The lowest BCUT2D eigenvalue weighted by molar-refractivity contribution is -0.139. The molecule has 2 N–H and O–H groups in total. The first-order chi connectivity index (χ1) is 11.6. The van der Waals surface area contributed by atoms with Crippen molar-refractivity contribution in [3.63, 3.8) is 0 Å². The van der Waals surface area contributed by atoms with Crippen LogP contribution < -0.4 is 5.73 Å². The van der Waals surface area contributed by atoms with Crippen molar-refractivity contribution in [1.29, 1.82) is 0 Å². The molecule has 132 valence electrons.